The van der Waals surface area contributed by atoms with Crippen molar-refractivity contribution in [3.8, 4) is 11.5 Å². The van der Waals surface area contributed by atoms with Gasteiger partial charge < -0.3 is 15.2 Å². The molecule has 1 atom stereocenters. The Morgan fingerprint density at radius 1 is 1.47 bits per heavy atom. The van der Waals surface area contributed by atoms with Crippen LogP contribution in [0.1, 0.15) is 30.4 Å². The van der Waals surface area contributed by atoms with E-state index in [1.807, 2.05) is 6.92 Å². The van der Waals surface area contributed by atoms with Crippen LogP contribution in [0.2, 0.25) is 0 Å². The molecular formula is C12H18N6O. The van der Waals surface area contributed by atoms with Gasteiger partial charge in [0.2, 0.25) is 0 Å². The maximum atomic E-state index is 6.13. The number of hydrogen-bond donors (Lipinski definition) is 2. The minimum atomic E-state index is -0.206. The maximum absolute atomic E-state index is 6.13. The molecule has 1 unspecified atom stereocenters. The molecule has 2 aromatic heterocycles. The van der Waals surface area contributed by atoms with Gasteiger partial charge in [0, 0.05) is 12.2 Å². The van der Waals surface area contributed by atoms with Crippen LogP contribution in [0.15, 0.2) is 10.7 Å². The van der Waals surface area contributed by atoms with Gasteiger partial charge in [0.25, 0.3) is 5.89 Å². The summed E-state index contributed by atoms with van der Waals surface area (Å²) in [5, 5.41) is 10.8. The topological polar surface area (TPSA) is 96.9 Å². The zero-order valence-corrected chi connectivity index (χ0v) is 11.0. The average Bonchev–Trinajstić information content (AvgIpc) is 3.08. The minimum absolute atomic E-state index is 0.206. The van der Waals surface area contributed by atoms with Gasteiger partial charge in [0.05, 0.1) is 17.8 Å². The summed E-state index contributed by atoms with van der Waals surface area (Å²) in [6.45, 7) is 4.91. The van der Waals surface area contributed by atoms with Crippen molar-refractivity contribution in [2.75, 3.05) is 19.6 Å². The number of hydrogen-bond acceptors (Lipinski definition) is 6. The van der Waals surface area contributed by atoms with E-state index in [9.17, 15) is 0 Å². The molecule has 7 heteroatoms. The van der Waals surface area contributed by atoms with Crippen LogP contribution in [0, 0.1) is 6.92 Å². The molecule has 0 aromatic carbocycles. The fourth-order valence-corrected chi connectivity index (χ4v) is 2.39. The summed E-state index contributed by atoms with van der Waals surface area (Å²) in [5.74, 6) is 1.03. The Labute approximate surface area is 111 Å². The van der Waals surface area contributed by atoms with Gasteiger partial charge >= 0.3 is 0 Å². The summed E-state index contributed by atoms with van der Waals surface area (Å²) < 4.78 is 5.26. The van der Waals surface area contributed by atoms with Gasteiger partial charge in [-0.15, -0.1) is 0 Å². The molecule has 0 spiro atoms. The third-order valence-corrected chi connectivity index (χ3v) is 3.49. The molecule has 1 fully saturated rings. The number of rotatable bonds is 4. The van der Waals surface area contributed by atoms with E-state index in [0.717, 1.165) is 30.9 Å². The van der Waals surface area contributed by atoms with Crippen LogP contribution in [0.25, 0.3) is 11.5 Å². The van der Waals surface area contributed by atoms with Crippen molar-refractivity contribution in [3.05, 3.63) is 17.7 Å². The molecule has 0 radical (unpaired) electrons. The molecule has 0 bridgehead atoms. The monoisotopic (exact) mass is 262 g/mol. The highest BCUT2D eigenvalue weighted by Gasteiger charge is 2.21. The Bertz CT molecular complexity index is 542. The van der Waals surface area contributed by atoms with Crippen LogP contribution < -0.4 is 5.73 Å². The Morgan fingerprint density at radius 3 is 2.95 bits per heavy atom. The predicted octanol–water partition coefficient (Wildman–Crippen LogP) is 0.864. The van der Waals surface area contributed by atoms with Gasteiger partial charge in [-0.2, -0.15) is 10.1 Å². The number of nitrogens with one attached hydrogen (secondary N) is 1. The fourth-order valence-electron chi connectivity index (χ4n) is 2.39. The molecule has 0 amide bonds. The number of aryl methyl sites for hydroxylation is 1. The van der Waals surface area contributed by atoms with Crippen molar-refractivity contribution in [3.63, 3.8) is 0 Å². The number of nitrogens with two attached hydrogens (primary N) is 1. The first-order valence-corrected chi connectivity index (χ1v) is 6.56. The molecule has 2 aromatic rings. The van der Waals surface area contributed by atoms with Crippen LogP contribution >= 0.6 is 0 Å². The molecule has 3 N–H and O–H groups in total. The molecule has 7 nitrogen and oxygen atoms in total. The highest BCUT2D eigenvalue weighted by atomic mass is 16.5. The third-order valence-electron chi connectivity index (χ3n) is 3.49. The molecule has 0 aliphatic carbocycles. The first-order chi connectivity index (χ1) is 9.24. The first-order valence-electron chi connectivity index (χ1n) is 6.56. The van der Waals surface area contributed by atoms with Crippen LogP contribution in [-0.2, 0) is 0 Å². The van der Waals surface area contributed by atoms with Gasteiger partial charge in [0.1, 0.15) is 0 Å². The van der Waals surface area contributed by atoms with E-state index >= 15 is 0 Å². The number of nitrogens with zero attached hydrogens (tertiary/aromatic N) is 4. The van der Waals surface area contributed by atoms with Gasteiger partial charge in [-0.05, 0) is 32.9 Å². The summed E-state index contributed by atoms with van der Waals surface area (Å²) in [4.78, 5) is 6.70. The smallest absolute Gasteiger partial charge is 0.261 e. The van der Waals surface area contributed by atoms with Crippen molar-refractivity contribution < 1.29 is 4.52 Å². The summed E-state index contributed by atoms with van der Waals surface area (Å²) in [6, 6.07) is -0.206. The molecule has 0 saturated carbocycles. The number of aromatic nitrogens is 4. The second-order valence-electron chi connectivity index (χ2n) is 4.98. The van der Waals surface area contributed by atoms with Crippen molar-refractivity contribution in [2.24, 2.45) is 5.73 Å². The first kappa shape index (κ1) is 12.3. The van der Waals surface area contributed by atoms with Gasteiger partial charge in [-0.1, -0.05) is 5.16 Å². The maximum Gasteiger partial charge on any atom is 0.261 e. The van der Waals surface area contributed by atoms with E-state index in [-0.39, 0.29) is 6.04 Å². The van der Waals surface area contributed by atoms with Gasteiger partial charge in [0.15, 0.2) is 5.82 Å². The van der Waals surface area contributed by atoms with Crippen molar-refractivity contribution in [1.29, 1.82) is 0 Å². The molecule has 102 valence electrons. The predicted molar refractivity (Wildman–Crippen MR) is 69.2 cm³/mol. The van der Waals surface area contributed by atoms with Crippen LogP contribution in [0.4, 0.5) is 0 Å². The fraction of sp³-hybridized carbons (Fsp3) is 0.583. The van der Waals surface area contributed by atoms with Crippen LogP contribution in [0.3, 0.4) is 0 Å². The van der Waals surface area contributed by atoms with Crippen molar-refractivity contribution >= 4 is 0 Å². The molecule has 1 aliphatic rings. The second kappa shape index (κ2) is 5.10. The molecular weight excluding hydrogens is 244 g/mol. The molecule has 1 aliphatic heterocycles. The highest BCUT2D eigenvalue weighted by Crippen LogP contribution is 2.21. The number of aromatic amines is 1. The largest absolute Gasteiger partial charge is 0.334 e. The minimum Gasteiger partial charge on any atom is -0.334 e. The normalized spacial score (nSPS) is 18.0. The standard InChI is InChI=1S/C12H18N6O/c1-8-9(6-14-16-8)12-15-11(17-19-12)10(13)7-18-4-2-3-5-18/h6,10H,2-5,7,13H2,1H3,(H,14,16). The molecule has 19 heavy (non-hydrogen) atoms. The van der Waals surface area contributed by atoms with E-state index in [1.165, 1.54) is 12.8 Å². The molecule has 3 rings (SSSR count). The second-order valence-corrected chi connectivity index (χ2v) is 4.98. The molecule has 1 saturated heterocycles. The lowest BCUT2D eigenvalue weighted by Gasteiger charge is -2.17. The average molecular weight is 262 g/mol. The summed E-state index contributed by atoms with van der Waals surface area (Å²) >= 11 is 0. The van der Waals surface area contributed by atoms with Crippen LogP contribution in [0.5, 0.6) is 0 Å². The SMILES string of the molecule is Cc1[nH]ncc1-c1nc(C(N)CN2CCCC2)no1. The number of likely N-dealkylation sites (tertiary alicyclic amines) is 1. The Balaban J connectivity index is 1.72. The zero-order chi connectivity index (χ0) is 13.2. The van der Waals surface area contributed by atoms with E-state index in [2.05, 4.69) is 25.2 Å². The Hall–Kier alpha value is -1.73. The highest BCUT2D eigenvalue weighted by molar-refractivity contribution is 5.54. The van der Waals surface area contributed by atoms with E-state index in [0.29, 0.717) is 11.7 Å². The molecule has 3 heterocycles. The third kappa shape index (κ3) is 2.52. The van der Waals surface area contributed by atoms with Crippen molar-refractivity contribution in [1.82, 2.24) is 25.2 Å². The Kier molecular flexibility index (Phi) is 3.31. The Morgan fingerprint density at radius 2 is 2.26 bits per heavy atom. The summed E-state index contributed by atoms with van der Waals surface area (Å²) in [6.07, 6.45) is 4.18. The van der Waals surface area contributed by atoms with Crippen molar-refractivity contribution in [2.45, 2.75) is 25.8 Å². The van der Waals surface area contributed by atoms with E-state index < -0.39 is 0 Å². The zero-order valence-electron chi connectivity index (χ0n) is 11.0. The van der Waals surface area contributed by atoms with E-state index in [1.54, 1.807) is 6.20 Å². The van der Waals surface area contributed by atoms with Crippen LogP contribution in [-0.4, -0.2) is 44.9 Å². The lowest BCUT2D eigenvalue weighted by atomic mass is 10.2. The summed E-state index contributed by atoms with van der Waals surface area (Å²) in [5.41, 5.74) is 7.86. The van der Waals surface area contributed by atoms with E-state index in [4.69, 9.17) is 10.3 Å². The summed E-state index contributed by atoms with van der Waals surface area (Å²) in [7, 11) is 0. The van der Waals surface area contributed by atoms with Gasteiger partial charge in [-0.25, -0.2) is 0 Å². The quantitative estimate of drug-likeness (QED) is 0.848. The number of H-pyrrole nitrogens is 1. The lowest BCUT2D eigenvalue weighted by molar-refractivity contribution is 0.306. The van der Waals surface area contributed by atoms with Gasteiger partial charge in [-0.3, -0.25) is 5.10 Å². The lowest BCUT2D eigenvalue weighted by Crippen LogP contribution is -2.30.